The standard InChI is InChI=1S/C16H16N2O3/c19-16(18-13-4-2-1-3-5-13)12-6-8-17-15(10-12)21-14-7-9-20-11-14/h1-6,8,10,14H,7,9,11H2,(H,18,19). The third kappa shape index (κ3) is 3.58. The zero-order valence-electron chi connectivity index (χ0n) is 11.5. The summed E-state index contributed by atoms with van der Waals surface area (Å²) in [6, 6.07) is 12.6. The van der Waals surface area contributed by atoms with Gasteiger partial charge in [0.05, 0.1) is 13.2 Å². The Morgan fingerprint density at radius 1 is 1.29 bits per heavy atom. The van der Waals surface area contributed by atoms with Crippen molar-refractivity contribution in [2.75, 3.05) is 18.5 Å². The van der Waals surface area contributed by atoms with Gasteiger partial charge in [0.2, 0.25) is 5.88 Å². The van der Waals surface area contributed by atoms with Crippen molar-refractivity contribution in [2.45, 2.75) is 12.5 Å². The van der Waals surface area contributed by atoms with Gasteiger partial charge in [-0.25, -0.2) is 4.98 Å². The van der Waals surface area contributed by atoms with Crippen LogP contribution in [0.2, 0.25) is 0 Å². The number of nitrogens with one attached hydrogen (secondary N) is 1. The first kappa shape index (κ1) is 13.6. The van der Waals surface area contributed by atoms with Gasteiger partial charge in [0, 0.05) is 29.9 Å². The maximum atomic E-state index is 12.2. The Hall–Kier alpha value is -2.40. The highest BCUT2D eigenvalue weighted by atomic mass is 16.5. The third-order valence-electron chi connectivity index (χ3n) is 3.20. The molecule has 5 nitrogen and oxygen atoms in total. The van der Waals surface area contributed by atoms with E-state index in [-0.39, 0.29) is 12.0 Å². The summed E-state index contributed by atoms with van der Waals surface area (Å²) in [4.78, 5) is 16.3. The van der Waals surface area contributed by atoms with E-state index in [1.54, 1.807) is 18.3 Å². The molecule has 1 aromatic carbocycles. The smallest absolute Gasteiger partial charge is 0.255 e. The number of hydrogen-bond acceptors (Lipinski definition) is 4. The molecule has 1 saturated heterocycles. The predicted octanol–water partition coefficient (Wildman–Crippen LogP) is 2.50. The number of benzene rings is 1. The van der Waals surface area contributed by atoms with Crippen LogP contribution in [0.25, 0.3) is 0 Å². The number of pyridine rings is 1. The Kier molecular flexibility index (Phi) is 4.12. The van der Waals surface area contributed by atoms with Crippen molar-refractivity contribution in [1.29, 1.82) is 0 Å². The lowest BCUT2D eigenvalue weighted by molar-refractivity contribution is 0.102. The Balaban J connectivity index is 1.68. The molecular formula is C16H16N2O3. The van der Waals surface area contributed by atoms with E-state index in [1.807, 2.05) is 30.3 Å². The van der Waals surface area contributed by atoms with E-state index in [4.69, 9.17) is 9.47 Å². The van der Waals surface area contributed by atoms with Crippen LogP contribution in [0.3, 0.4) is 0 Å². The van der Waals surface area contributed by atoms with Crippen LogP contribution in [-0.2, 0) is 4.74 Å². The Morgan fingerprint density at radius 3 is 2.90 bits per heavy atom. The van der Waals surface area contributed by atoms with Crippen LogP contribution in [0.4, 0.5) is 5.69 Å². The van der Waals surface area contributed by atoms with Crippen LogP contribution >= 0.6 is 0 Å². The number of rotatable bonds is 4. The number of aromatic nitrogens is 1. The second-order valence-electron chi connectivity index (χ2n) is 4.81. The van der Waals surface area contributed by atoms with E-state index in [1.165, 1.54) is 0 Å². The van der Waals surface area contributed by atoms with Crippen LogP contribution in [0, 0.1) is 0 Å². The lowest BCUT2D eigenvalue weighted by Crippen LogP contribution is -2.17. The van der Waals surface area contributed by atoms with Gasteiger partial charge in [-0.2, -0.15) is 0 Å². The molecule has 2 heterocycles. The molecule has 0 bridgehead atoms. The quantitative estimate of drug-likeness (QED) is 0.937. The van der Waals surface area contributed by atoms with Gasteiger partial charge in [-0.15, -0.1) is 0 Å². The summed E-state index contributed by atoms with van der Waals surface area (Å²) >= 11 is 0. The number of carbonyl (C=O) groups excluding carboxylic acids is 1. The van der Waals surface area contributed by atoms with E-state index in [0.29, 0.717) is 24.7 Å². The molecule has 1 aromatic heterocycles. The van der Waals surface area contributed by atoms with Crippen LogP contribution in [0.1, 0.15) is 16.8 Å². The van der Waals surface area contributed by atoms with Gasteiger partial charge < -0.3 is 14.8 Å². The molecule has 5 heteroatoms. The van der Waals surface area contributed by atoms with Gasteiger partial charge >= 0.3 is 0 Å². The molecule has 2 aromatic rings. The average Bonchev–Trinajstić information content (AvgIpc) is 3.01. The molecule has 1 aliphatic rings. The average molecular weight is 284 g/mol. The molecule has 0 aliphatic carbocycles. The molecule has 21 heavy (non-hydrogen) atoms. The fourth-order valence-corrected chi connectivity index (χ4v) is 2.12. The van der Waals surface area contributed by atoms with E-state index in [2.05, 4.69) is 10.3 Å². The highest BCUT2D eigenvalue weighted by Crippen LogP contribution is 2.16. The zero-order valence-corrected chi connectivity index (χ0v) is 11.5. The zero-order chi connectivity index (χ0) is 14.5. The van der Waals surface area contributed by atoms with Crippen molar-refractivity contribution < 1.29 is 14.3 Å². The highest BCUT2D eigenvalue weighted by Gasteiger charge is 2.18. The summed E-state index contributed by atoms with van der Waals surface area (Å²) in [6.07, 6.45) is 2.44. The van der Waals surface area contributed by atoms with Crippen LogP contribution < -0.4 is 10.1 Å². The SMILES string of the molecule is O=C(Nc1ccccc1)c1ccnc(OC2CCOC2)c1. The highest BCUT2D eigenvalue weighted by molar-refractivity contribution is 6.04. The second-order valence-corrected chi connectivity index (χ2v) is 4.81. The summed E-state index contributed by atoms with van der Waals surface area (Å²) in [5.74, 6) is 0.266. The number of carbonyl (C=O) groups is 1. The van der Waals surface area contributed by atoms with Crippen molar-refractivity contribution in [3.63, 3.8) is 0 Å². The molecule has 0 saturated carbocycles. The number of amides is 1. The van der Waals surface area contributed by atoms with Crippen molar-refractivity contribution in [3.05, 3.63) is 54.2 Å². The number of hydrogen-bond donors (Lipinski definition) is 1. The number of para-hydroxylation sites is 1. The third-order valence-corrected chi connectivity index (χ3v) is 3.20. The summed E-state index contributed by atoms with van der Waals surface area (Å²) in [6.45, 7) is 1.28. The van der Waals surface area contributed by atoms with Crippen molar-refractivity contribution in [3.8, 4) is 5.88 Å². The van der Waals surface area contributed by atoms with E-state index in [0.717, 1.165) is 12.1 Å². The van der Waals surface area contributed by atoms with Crippen LogP contribution in [0.5, 0.6) is 5.88 Å². The van der Waals surface area contributed by atoms with Crippen LogP contribution in [-0.4, -0.2) is 30.2 Å². The molecule has 108 valence electrons. The molecule has 1 N–H and O–H groups in total. The minimum absolute atomic E-state index is 0.0185. The fourth-order valence-electron chi connectivity index (χ4n) is 2.12. The van der Waals surface area contributed by atoms with E-state index < -0.39 is 0 Å². The molecule has 1 aliphatic heterocycles. The molecular weight excluding hydrogens is 268 g/mol. The summed E-state index contributed by atoms with van der Waals surface area (Å²) in [7, 11) is 0. The minimum atomic E-state index is -0.184. The Morgan fingerprint density at radius 2 is 2.14 bits per heavy atom. The van der Waals surface area contributed by atoms with E-state index >= 15 is 0 Å². The van der Waals surface area contributed by atoms with Gasteiger partial charge in [-0.3, -0.25) is 4.79 Å². The number of ether oxygens (including phenoxy) is 2. The summed E-state index contributed by atoms with van der Waals surface area (Å²) in [5, 5.41) is 2.83. The topological polar surface area (TPSA) is 60.5 Å². The van der Waals surface area contributed by atoms with Gasteiger partial charge in [0.15, 0.2) is 0 Å². The van der Waals surface area contributed by atoms with Crippen LogP contribution in [0.15, 0.2) is 48.7 Å². The molecule has 3 rings (SSSR count). The number of anilines is 1. The Labute approximate surface area is 122 Å². The largest absolute Gasteiger partial charge is 0.472 e. The van der Waals surface area contributed by atoms with E-state index in [9.17, 15) is 4.79 Å². The lowest BCUT2D eigenvalue weighted by atomic mass is 10.2. The maximum Gasteiger partial charge on any atom is 0.255 e. The summed E-state index contributed by atoms with van der Waals surface area (Å²) < 4.78 is 11.0. The summed E-state index contributed by atoms with van der Waals surface area (Å²) in [5.41, 5.74) is 1.27. The van der Waals surface area contributed by atoms with Gasteiger partial charge in [0.1, 0.15) is 6.10 Å². The van der Waals surface area contributed by atoms with Gasteiger partial charge in [-0.1, -0.05) is 18.2 Å². The van der Waals surface area contributed by atoms with Crippen molar-refractivity contribution >= 4 is 11.6 Å². The first-order chi connectivity index (χ1) is 10.3. The normalized spacial score (nSPS) is 17.4. The second kappa shape index (κ2) is 6.37. The molecule has 1 fully saturated rings. The monoisotopic (exact) mass is 284 g/mol. The Bertz CT molecular complexity index is 610. The molecule has 1 amide bonds. The van der Waals surface area contributed by atoms with Crippen molar-refractivity contribution in [2.24, 2.45) is 0 Å². The van der Waals surface area contributed by atoms with Crippen molar-refractivity contribution in [1.82, 2.24) is 4.98 Å². The molecule has 0 spiro atoms. The fraction of sp³-hybridized carbons (Fsp3) is 0.250. The van der Waals surface area contributed by atoms with Gasteiger partial charge in [0.25, 0.3) is 5.91 Å². The minimum Gasteiger partial charge on any atom is -0.472 e. The predicted molar refractivity (Wildman–Crippen MR) is 78.5 cm³/mol. The first-order valence-electron chi connectivity index (χ1n) is 6.88. The lowest BCUT2D eigenvalue weighted by Gasteiger charge is -2.11. The number of nitrogens with zero attached hydrogens (tertiary/aromatic N) is 1. The first-order valence-corrected chi connectivity index (χ1v) is 6.88. The molecule has 1 unspecified atom stereocenters. The maximum absolute atomic E-state index is 12.2. The van der Waals surface area contributed by atoms with Gasteiger partial charge in [-0.05, 0) is 18.2 Å². The molecule has 1 atom stereocenters. The molecule has 0 radical (unpaired) electrons.